The Morgan fingerprint density at radius 2 is 1.96 bits per heavy atom. The number of hydrogen-bond acceptors (Lipinski definition) is 5. The van der Waals surface area contributed by atoms with Crippen molar-refractivity contribution >= 4 is 29.2 Å². The van der Waals surface area contributed by atoms with Crippen LogP contribution in [0.3, 0.4) is 0 Å². The molecule has 2 rings (SSSR count). The average molecular weight is 446 g/mol. The number of halogens is 7. The lowest BCUT2D eigenvalue weighted by Gasteiger charge is -2.13. The number of benzene rings is 1. The normalized spacial score (nSPS) is 11.8. The highest BCUT2D eigenvalue weighted by Crippen LogP contribution is 2.33. The van der Waals surface area contributed by atoms with Gasteiger partial charge in [-0.15, -0.1) is 11.8 Å². The van der Waals surface area contributed by atoms with Gasteiger partial charge in [0.05, 0.1) is 12.3 Å². The van der Waals surface area contributed by atoms with Crippen molar-refractivity contribution in [2.75, 3.05) is 24.2 Å². The Morgan fingerprint density at radius 3 is 2.61 bits per heavy atom. The number of anilines is 1. The van der Waals surface area contributed by atoms with Crippen molar-refractivity contribution in [1.82, 2.24) is 9.97 Å². The minimum Gasteiger partial charge on any atom is -0.489 e. The van der Waals surface area contributed by atoms with E-state index in [2.05, 4.69) is 15.3 Å². The molecule has 1 aromatic carbocycles. The molecular formula is C16H14ClF6N3OS. The molecular weight excluding hydrogens is 432 g/mol. The fraction of sp³-hybridized carbons (Fsp3) is 0.375. The van der Waals surface area contributed by atoms with E-state index in [4.69, 9.17) is 16.3 Å². The number of nitrogens with zero attached hydrogens (tertiary/aromatic N) is 2. The van der Waals surface area contributed by atoms with Gasteiger partial charge in [-0.05, 0) is 24.6 Å². The minimum absolute atomic E-state index is 0.0256. The van der Waals surface area contributed by atoms with Crippen LogP contribution in [-0.2, 0) is 0 Å². The first-order chi connectivity index (χ1) is 13.1. The van der Waals surface area contributed by atoms with Crippen molar-refractivity contribution in [3.63, 3.8) is 0 Å². The third-order valence-corrected chi connectivity index (χ3v) is 4.89. The lowest BCUT2D eigenvalue weighted by Crippen LogP contribution is -2.14. The standard InChI is InChI=1S/C16H14ClF6N3OS/c1-8-4-9(18)10(5-11(8)28-6-16(21,22)23)27-3-2-24-15-12(17)13(14(19)20)25-7-26-15/h4-5,7,14H,2-3,6H2,1H3,(H,24,25,26). The maximum Gasteiger partial charge on any atom is 0.398 e. The molecule has 0 aliphatic carbocycles. The molecule has 0 amide bonds. The summed E-state index contributed by atoms with van der Waals surface area (Å²) >= 11 is 6.30. The monoisotopic (exact) mass is 445 g/mol. The van der Waals surface area contributed by atoms with Gasteiger partial charge in [0.25, 0.3) is 6.43 Å². The van der Waals surface area contributed by atoms with Gasteiger partial charge in [0.1, 0.15) is 29.5 Å². The lowest BCUT2D eigenvalue weighted by atomic mass is 10.2. The fourth-order valence-corrected chi connectivity index (χ4v) is 3.09. The van der Waals surface area contributed by atoms with Crippen LogP contribution in [0.2, 0.25) is 5.02 Å². The highest BCUT2D eigenvalue weighted by molar-refractivity contribution is 7.99. The zero-order valence-corrected chi connectivity index (χ0v) is 15.9. The van der Waals surface area contributed by atoms with Gasteiger partial charge < -0.3 is 10.1 Å². The van der Waals surface area contributed by atoms with Gasteiger partial charge in [-0.25, -0.2) is 23.1 Å². The number of hydrogen-bond donors (Lipinski definition) is 1. The van der Waals surface area contributed by atoms with Gasteiger partial charge in [0, 0.05) is 4.90 Å². The van der Waals surface area contributed by atoms with Crippen LogP contribution in [0.5, 0.6) is 5.75 Å². The number of rotatable bonds is 8. The Hall–Kier alpha value is -1.88. The number of aromatic nitrogens is 2. The molecule has 12 heteroatoms. The molecule has 0 unspecified atom stereocenters. The van der Waals surface area contributed by atoms with Gasteiger partial charge in [-0.2, -0.15) is 13.2 Å². The maximum atomic E-state index is 14.0. The van der Waals surface area contributed by atoms with Gasteiger partial charge in [0.2, 0.25) is 0 Å². The fourth-order valence-electron chi connectivity index (χ4n) is 2.05. The molecule has 0 saturated carbocycles. The molecule has 0 radical (unpaired) electrons. The molecule has 0 fully saturated rings. The van der Waals surface area contributed by atoms with Crippen LogP contribution in [0, 0.1) is 12.7 Å². The third-order valence-electron chi connectivity index (χ3n) is 3.30. The average Bonchev–Trinajstić information content (AvgIpc) is 2.59. The van der Waals surface area contributed by atoms with E-state index in [1.807, 2.05) is 0 Å². The summed E-state index contributed by atoms with van der Waals surface area (Å²) in [6.07, 6.45) is -6.31. The summed E-state index contributed by atoms with van der Waals surface area (Å²) in [7, 11) is 0. The smallest absolute Gasteiger partial charge is 0.398 e. The summed E-state index contributed by atoms with van der Waals surface area (Å²) in [6.45, 7) is 1.40. The second-order valence-electron chi connectivity index (χ2n) is 5.45. The molecule has 0 atom stereocenters. The molecule has 154 valence electrons. The Bertz CT molecular complexity index is 822. The highest BCUT2D eigenvalue weighted by atomic mass is 35.5. The van der Waals surface area contributed by atoms with Crippen molar-refractivity contribution in [1.29, 1.82) is 0 Å². The van der Waals surface area contributed by atoms with Crippen molar-refractivity contribution in [3.8, 4) is 5.75 Å². The van der Waals surface area contributed by atoms with Gasteiger partial charge in [0.15, 0.2) is 11.6 Å². The summed E-state index contributed by atoms with van der Waals surface area (Å²) in [5.74, 6) is -2.10. The van der Waals surface area contributed by atoms with Crippen molar-refractivity contribution < 1.29 is 31.1 Å². The van der Waals surface area contributed by atoms with E-state index < -0.39 is 29.9 Å². The Morgan fingerprint density at radius 1 is 1.25 bits per heavy atom. The zero-order valence-electron chi connectivity index (χ0n) is 14.3. The first-order valence-electron chi connectivity index (χ1n) is 7.73. The van der Waals surface area contributed by atoms with Crippen molar-refractivity contribution in [2.24, 2.45) is 0 Å². The number of aryl methyl sites for hydroxylation is 1. The van der Waals surface area contributed by atoms with Crippen LogP contribution in [0.15, 0.2) is 23.4 Å². The van der Waals surface area contributed by atoms with E-state index in [0.717, 1.165) is 12.4 Å². The van der Waals surface area contributed by atoms with Crippen LogP contribution in [-0.4, -0.2) is 35.0 Å². The molecule has 0 spiro atoms. The zero-order chi connectivity index (χ0) is 20.9. The molecule has 2 aromatic rings. The summed E-state index contributed by atoms with van der Waals surface area (Å²) in [5, 5.41) is 2.31. The Balaban J connectivity index is 1.97. The summed E-state index contributed by atoms with van der Waals surface area (Å²) in [5.41, 5.74) is -0.277. The van der Waals surface area contributed by atoms with Gasteiger partial charge in [-0.1, -0.05) is 11.6 Å². The molecule has 0 aliphatic heterocycles. The van der Waals surface area contributed by atoms with E-state index >= 15 is 0 Å². The van der Waals surface area contributed by atoms with E-state index in [0.29, 0.717) is 17.3 Å². The van der Waals surface area contributed by atoms with Crippen LogP contribution in [0.4, 0.5) is 32.2 Å². The van der Waals surface area contributed by atoms with E-state index in [9.17, 15) is 26.3 Å². The molecule has 4 nitrogen and oxygen atoms in total. The van der Waals surface area contributed by atoms with E-state index in [1.54, 1.807) is 0 Å². The van der Waals surface area contributed by atoms with Gasteiger partial charge in [-0.3, -0.25) is 0 Å². The topological polar surface area (TPSA) is 47.0 Å². The SMILES string of the molecule is Cc1cc(F)c(OCCNc2ncnc(C(F)F)c2Cl)cc1SCC(F)(F)F. The minimum atomic E-state index is -4.36. The molecule has 0 saturated heterocycles. The summed E-state index contributed by atoms with van der Waals surface area (Å²) in [4.78, 5) is 7.35. The maximum absolute atomic E-state index is 14.0. The second-order valence-corrected chi connectivity index (χ2v) is 6.84. The highest BCUT2D eigenvalue weighted by Gasteiger charge is 2.27. The van der Waals surface area contributed by atoms with Gasteiger partial charge >= 0.3 is 6.18 Å². The van der Waals surface area contributed by atoms with Crippen LogP contribution >= 0.6 is 23.4 Å². The summed E-state index contributed by atoms with van der Waals surface area (Å²) in [6, 6.07) is 2.27. The van der Waals surface area contributed by atoms with E-state index in [1.165, 1.54) is 13.0 Å². The lowest BCUT2D eigenvalue weighted by molar-refractivity contribution is -0.105. The molecule has 0 aliphatic rings. The quantitative estimate of drug-likeness (QED) is 0.323. The van der Waals surface area contributed by atoms with Crippen LogP contribution in [0.25, 0.3) is 0 Å². The molecule has 28 heavy (non-hydrogen) atoms. The number of ether oxygens (including phenoxy) is 1. The molecule has 1 heterocycles. The Kier molecular flexibility index (Phi) is 7.64. The predicted octanol–water partition coefficient (Wildman–Crippen LogP) is 5.66. The Labute approximate surface area is 165 Å². The first kappa shape index (κ1) is 22.4. The molecule has 0 bridgehead atoms. The first-order valence-corrected chi connectivity index (χ1v) is 9.09. The third kappa shape index (κ3) is 6.33. The molecule has 1 N–H and O–H groups in total. The predicted molar refractivity (Wildman–Crippen MR) is 93.9 cm³/mol. The van der Waals surface area contributed by atoms with Crippen molar-refractivity contribution in [3.05, 3.63) is 40.6 Å². The second kappa shape index (κ2) is 9.55. The molecule has 1 aromatic heterocycles. The summed E-state index contributed by atoms with van der Waals surface area (Å²) < 4.78 is 81.8. The number of nitrogens with one attached hydrogen (secondary N) is 1. The van der Waals surface area contributed by atoms with Crippen molar-refractivity contribution in [2.45, 2.75) is 24.4 Å². The number of thioether (sulfide) groups is 1. The van der Waals surface area contributed by atoms with Crippen LogP contribution < -0.4 is 10.1 Å². The largest absolute Gasteiger partial charge is 0.489 e. The van der Waals surface area contributed by atoms with Crippen LogP contribution in [0.1, 0.15) is 17.7 Å². The van der Waals surface area contributed by atoms with E-state index in [-0.39, 0.29) is 34.6 Å². The number of alkyl halides is 5.